The number of unbranched alkanes of at least 4 members (excludes halogenated alkanes) is 2. The highest BCUT2D eigenvalue weighted by Gasteiger charge is 2.12. The van der Waals surface area contributed by atoms with Crippen LogP contribution in [-0.4, -0.2) is 25.6 Å². The first-order valence-corrected chi connectivity index (χ1v) is 11.2. The van der Waals surface area contributed by atoms with Gasteiger partial charge in [-0.1, -0.05) is 48.5 Å². The highest BCUT2D eigenvalue weighted by atomic mass is 32.1. The van der Waals surface area contributed by atoms with Crippen molar-refractivity contribution < 1.29 is 19.1 Å². The molecular weight excluding hydrogens is 410 g/mol. The maximum Gasteiger partial charge on any atom is 0.305 e. The summed E-state index contributed by atoms with van der Waals surface area (Å²) in [5.41, 5.74) is 0.586. The normalized spacial score (nSPS) is 11.3. The number of ether oxygens (including phenoxy) is 2. The van der Waals surface area contributed by atoms with Crippen LogP contribution in [0.4, 0.5) is 0 Å². The monoisotopic (exact) mass is 437 g/mol. The molecule has 1 aromatic heterocycles. The SMILES string of the molecule is COC(=O)CCCC/C=C(\COc1cccc2ccccc12)C(=O)NCc1cccs1. The fourth-order valence-electron chi connectivity index (χ4n) is 3.18. The van der Waals surface area contributed by atoms with Gasteiger partial charge in [-0.25, -0.2) is 0 Å². The van der Waals surface area contributed by atoms with E-state index < -0.39 is 0 Å². The van der Waals surface area contributed by atoms with Gasteiger partial charge in [0.2, 0.25) is 0 Å². The summed E-state index contributed by atoms with van der Waals surface area (Å²) in [4.78, 5) is 25.2. The van der Waals surface area contributed by atoms with Gasteiger partial charge >= 0.3 is 5.97 Å². The van der Waals surface area contributed by atoms with Gasteiger partial charge in [-0.2, -0.15) is 0 Å². The third kappa shape index (κ3) is 6.96. The number of amides is 1. The largest absolute Gasteiger partial charge is 0.488 e. The predicted octanol–water partition coefficient (Wildman–Crippen LogP) is 5.26. The maximum atomic E-state index is 12.8. The van der Waals surface area contributed by atoms with Crippen molar-refractivity contribution in [2.75, 3.05) is 13.7 Å². The first-order valence-electron chi connectivity index (χ1n) is 10.3. The van der Waals surface area contributed by atoms with Crippen LogP contribution in [-0.2, 0) is 20.9 Å². The van der Waals surface area contributed by atoms with Crippen LogP contribution in [0.5, 0.6) is 5.75 Å². The number of carbonyl (C=O) groups excluding carboxylic acids is 2. The van der Waals surface area contributed by atoms with Gasteiger partial charge < -0.3 is 14.8 Å². The molecule has 0 atom stereocenters. The number of methoxy groups -OCH3 is 1. The standard InChI is InChI=1S/C25H27NO4S/c1-29-24(27)15-4-2-3-10-20(25(28)26-17-21-12-8-16-31-21)18-30-23-14-7-11-19-9-5-6-13-22(19)23/h5-14,16H,2-4,15,17-18H2,1H3,(H,26,28)/b20-10+. The van der Waals surface area contributed by atoms with E-state index >= 15 is 0 Å². The van der Waals surface area contributed by atoms with Crippen molar-refractivity contribution in [1.29, 1.82) is 0 Å². The number of carbonyl (C=O) groups is 2. The van der Waals surface area contributed by atoms with Crippen molar-refractivity contribution in [2.45, 2.75) is 32.2 Å². The molecule has 5 nitrogen and oxygen atoms in total. The van der Waals surface area contributed by atoms with E-state index in [1.165, 1.54) is 7.11 Å². The second kappa shape index (κ2) is 11.9. The average molecular weight is 438 g/mol. The lowest BCUT2D eigenvalue weighted by Gasteiger charge is -2.12. The Hall–Kier alpha value is -3.12. The lowest BCUT2D eigenvalue weighted by molar-refractivity contribution is -0.140. The summed E-state index contributed by atoms with van der Waals surface area (Å²) in [6, 6.07) is 17.9. The molecule has 0 saturated heterocycles. The molecule has 0 bridgehead atoms. The second-order valence-electron chi connectivity index (χ2n) is 7.08. The molecule has 2 aromatic carbocycles. The van der Waals surface area contributed by atoms with E-state index in [0.29, 0.717) is 25.0 Å². The number of allylic oxidation sites excluding steroid dienone is 1. The van der Waals surface area contributed by atoms with Crippen LogP contribution in [0.3, 0.4) is 0 Å². The Balaban J connectivity index is 1.64. The number of fused-ring (bicyclic) bond motifs is 1. The van der Waals surface area contributed by atoms with Crippen LogP contribution in [0, 0.1) is 0 Å². The smallest absolute Gasteiger partial charge is 0.305 e. The van der Waals surface area contributed by atoms with Crippen molar-refractivity contribution in [3.05, 3.63) is 76.5 Å². The van der Waals surface area contributed by atoms with Crippen molar-refractivity contribution >= 4 is 34.0 Å². The molecule has 0 radical (unpaired) electrons. The van der Waals surface area contributed by atoms with Crippen LogP contribution in [0.2, 0.25) is 0 Å². The summed E-state index contributed by atoms with van der Waals surface area (Å²) in [5.74, 6) is 0.402. The van der Waals surface area contributed by atoms with Gasteiger partial charge in [-0.15, -0.1) is 11.3 Å². The van der Waals surface area contributed by atoms with E-state index in [4.69, 9.17) is 4.74 Å². The molecule has 1 amide bonds. The van der Waals surface area contributed by atoms with Gasteiger partial charge in [-0.3, -0.25) is 9.59 Å². The molecular formula is C25H27NO4S. The number of hydrogen-bond donors (Lipinski definition) is 1. The molecule has 0 fully saturated rings. The number of nitrogens with one attached hydrogen (secondary N) is 1. The summed E-state index contributed by atoms with van der Waals surface area (Å²) >= 11 is 1.61. The molecule has 3 rings (SSSR count). The van der Waals surface area contributed by atoms with Crippen molar-refractivity contribution in [2.24, 2.45) is 0 Å². The Kier molecular flexibility index (Phi) is 8.67. The van der Waals surface area contributed by atoms with E-state index in [1.807, 2.05) is 66.1 Å². The minimum absolute atomic E-state index is 0.137. The molecule has 0 aliphatic heterocycles. The Morgan fingerprint density at radius 2 is 1.87 bits per heavy atom. The zero-order chi connectivity index (χ0) is 21.9. The van der Waals surface area contributed by atoms with Crippen molar-refractivity contribution in [1.82, 2.24) is 5.32 Å². The van der Waals surface area contributed by atoms with Crippen molar-refractivity contribution in [3.63, 3.8) is 0 Å². The molecule has 0 aliphatic rings. The van der Waals surface area contributed by atoms with E-state index in [-0.39, 0.29) is 18.5 Å². The third-order valence-corrected chi connectivity index (χ3v) is 5.76. The zero-order valence-electron chi connectivity index (χ0n) is 17.6. The molecule has 0 aliphatic carbocycles. The predicted molar refractivity (Wildman–Crippen MR) is 124 cm³/mol. The molecule has 1 N–H and O–H groups in total. The van der Waals surface area contributed by atoms with Crippen molar-refractivity contribution in [3.8, 4) is 5.75 Å². The molecule has 1 heterocycles. The molecule has 6 heteroatoms. The Morgan fingerprint density at radius 1 is 1.03 bits per heavy atom. The average Bonchev–Trinajstić information content (AvgIpc) is 3.32. The summed E-state index contributed by atoms with van der Waals surface area (Å²) in [6.07, 6.45) is 4.50. The Morgan fingerprint density at radius 3 is 2.68 bits per heavy atom. The van der Waals surface area contributed by atoms with Gasteiger partial charge in [0.1, 0.15) is 12.4 Å². The Labute approximate surface area is 186 Å². The van der Waals surface area contributed by atoms with Gasteiger partial charge in [0, 0.05) is 16.7 Å². The summed E-state index contributed by atoms with van der Waals surface area (Å²) < 4.78 is 10.7. The minimum Gasteiger partial charge on any atom is -0.488 e. The molecule has 0 spiro atoms. The third-order valence-electron chi connectivity index (χ3n) is 4.88. The van der Waals surface area contributed by atoms with Crippen LogP contribution in [0.1, 0.15) is 30.6 Å². The van der Waals surface area contributed by atoms with Crippen LogP contribution in [0.25, 0.3) is 10.8 Å². The van der Waals surface area contributed by atoms with Gasteiger partial charge in [0.15, 0.2) is 0 Å². The minimum atomic E-state index is -0.211. The highest BCUT2D eigenvalue weighted by molar-refractivity contribution is 7.09. The summed E-state index contributed by atoms with van der Waals surface area (Å²) in [7, 11) is 1.39. The molecule has 0 saturated carbocycles. The van der Waals surface area contributed by atoms with Gasteiger partial charge in [0.05, 0.1) is 19.2 Å². The number of thiophene rings is 1. The zero-order valence-corrected chi connectivity index (χ0v) is 18.5. The molecule has 31 heavy (non-hydrogen) atoms. The van der Waals surface area contributed by atoms with E-state index in [0.717, 1.165) is 34.2 Å². The quantitative estimate of drug-likeness (QED) is 0.253. The number of esters is 1. The number of benzene rings is 2. The fraction of sp³-hybridized carbons (Fsp3) is 0.280. The Bertz CT molecular complexity index is 1020. The first kappa shape index (κ1) is 22.6. The van der Waals surface area contributed by atoms with Crippen LogP contribution >= 0.6 is 11.3 Å². The summed E-state index contributed by atoms with van der Waals surface area (Å²) in [5, 5.41) is 7.07. The topological polar surface area (TPSA) is 64.6 Å². The number of hydrogen-bond acceptors (Lipinski definition) is 5. The summed E-state index contributed by atoms with van der Waals surface area (Å²) in [6.45, 7) is 0.672. The van der Waals surface area contributed by atoms with E-state index in [2.05, 4.69) is 10.1 Å². The highest BCUT2D eigenvalue weighted by Crippen LogP contribution is 2.25. The fourth-order valence-corrected chi connectivity index (χ4v) is 3.82. The van der Waals surface area contributed by atoms with Gasteiger partial charge in [-0.05, 0) is 42.2 Å². The van der Waals surface area contributed by atoms with Gasteiger partial charge in [0.25, 0.3) is 5.91 Å². The van der Waals surface area contributed by atoms with E-state index in [1.54, 1.807) is 11.3 Å². The second-order valence-corrected chi connectivity index (χ2v) is 8.11. The van der Waals surface area contributed by atoms with E-state index in [9.17, 15) is 9.59 Å². The molecule has 3 aromatic rings. The first-order chi connectivity index (χ1) is 15.2. The molecule has 0 unspecified atom stereocenters. The molecule has 162 valence electrons. The lowest BCUT2D eigenvalue weighted by Crippen LogP contribution is -2.27. The maximum absolute atomic E-state index is 12.8. The lowest BCUT2D eigenvalue weighted by atomic mass is 10.1. The van der Waals surface area contributed by atoms with Crippen LogP contribution in [0.15, 0.2) is 71.6 Å². The number of rotatable bonds is 11. The van der Waals surface area contributed by atoms with Crippen LogP contribution < -0.4 is 10.1 Å².